The molecule has 96 valence electrons. The average Bonchev–Trinajstić information content (AvgIpc) is 2.28. The van der Waals surface area contributed by atoms with E-state index >= 15 is 0 Å². The molecular weight excluding hydrogens is 250 g/mol. The first kappa shape index (κ1) is 14.5. The van der Waals surface area contributed by atoms with Crippen molar-refractivity contribution in [3.8, 4) is 6.07 Å². The summed E-state index contributed by atoms with van der Waals surface area (Å²) in [5.74, 6) is 0.00959. The molecule has 2 rings (SSSR count). The number of rotatable bonds is 0. The van der Waals surface area contributed by atoms with Gasteiger partial charge >= 0.3 is 0 Å². The number of amides is 1. The largest absolute Gasteiger partial charge is 0.324 e. The first-order valence-corrected chi connectivity index (χ1v) is 5.64. The summed E-state index contributed by atoms with van der Waals surface area (Å²) in [7, 11) is 0. The zero-order valence-electron chi connectivity index (χ0n) is 10.4. The quantitative estimate of drug-likeness (QED) is 0.781. The van der Waals surface area contributed by atoms with Crippen molar-refractivity contribution in [2.75, 3.05) is 4.90 Å². The van der Waals surface area contributed by atoms with Crippen LogP contribution in [0.2, 0.25) is 0 Å². The molecule has 0 saturated heterocycles. The van der Waals surface area contributed by atoms with Crippen LogP contribution in [0, 0.1) is 11.3 Å². The molecule has 0 aromatic heterocycles. The number of nitrogens with two attached hydrogens (primary N) is 1. The highest BCUT2D eigenvalue weighted by molar-refractivity contribution is 5.93. The van der Waals surface area contributed by atoms with Gasteiger partial charge in [0.1, 0.15) is 0 Å². The van der Waals surface area contributed by atoms with E-state index in [0.29, 0.717) is 5.56 Å². The lowest BCUT2D eigenvalue weighted by Gasteiger charge is -2.37. The maximum Gasteiger partial charge on any atom is 0.224 e. The zero-order chi connectivity index (χ0) is 12.6. The molecule has 2 atom stereocenters. The van der Waals surface area contributed by atoms with E-state index in [0.717, 1.165) is 17.7 Å². The van der Waals surface area contributed by atoms with Crippen LogP contribution in [0.4, 0.5) is 5.69 Å². The molecule has 1 aromatic rings. The second-order valence-electron chi connectivity index (χ2n) is 4.47. The van der Waals surface area contributed by atoms with Crippen LogP contribution >= 0.6 is 12.4 Å². The predicted molar refractivity (Wildman–Crippen MR) is 72.6 cm³/mol. The second kappa shape index (κ2) is 5.38. The van der Waals surface area contributed by atoms with E-state index in [9.17, 15) is 4.79 Å². The van der Waals surface area contributed by atoms with Gasteiger partial charge in [-0.2, -0.15) is 5.26 Å². The number of nitriles is 1. The lowest BCUT2D eigenvalue weighted by atomic mass is 9.91. The molecule has 2 N–H and O–H groups in total. The molecular formula is C13H16ClN3O. The Balaban J connectivity index is 0.00000162. The first-order valence-electron chi connectivity index (χ1n) is 5.64. The van der Waals surface area contributed by atoms with Crippen LogP contribution in [0.25, 0.3) is 0 Å². The van der Waals surface area contributed by atoms with E-state index in [1.165, 1.54) is 0 Å². The Hall–Kier alpha value is -1.57. The van der Waals surface area contributed by atoms with E-state index < -0.39 is 0 Å². The number of fused-ring (bicyclic) bond motifs is 1. The normalized spacial score (nSPS) is 21.6. The summed E-state index contributed by atoms with van der Waals surface area (Å²) in [4.78, 5) is 13.4. The van der Waals surface area contributed by atoms with Crippen molar-refractivity contribution in [2.45, 2.75) is 32.4 Å². The Morgan fingerprint density at radius 1 is 1.56 bits per heavy atom. The molecule has 18 heavy (non-hydrogen) atoms. The summed E-state index contributed by atoms with van der Waals surface area (Å²) in [5.41, 5.74) is 8.38. The Morgan fingerprint density at radius 3 is 2.78 bits per heavy atom. The Morgan fingerprint density at radius 2 is 2.22 bits per heavy atom. The van der Waals surface area contributed by atoms with E-state index in [-0.39, 0.29) is 30.4 Å². The first-order chi connectivity index (χ1) is 8.04. The van der Waals surface area contributed by atoms with Crippen LogP contribution in [0.15, 0.2) is 18.2 Å². The summed E-state index contributed by atoms with van der Waals surface area (Å²) in [6, 6.07) is 7.40. The molecule has 5 heteroatoms. The summed E-state index contributed by atoms with van der Waals surface area (Å²) in [6.07, 6.45) is 0.724. The molecule has 1 aliphatic rings. The zero-order valence-corrected chi connectivity index (χ0v) is 11.2. The van der Waals surface area contributed by atoms with Gasteiger partial charge in [-0.3, -0.25) is 4.79 Å². The molecule has 1 aromatic carbocycles. The third kappa shape index (κ3) is 2.33. The highest BCUT2D eigenvalue weighted by Gasteiger charge is 2.30. The molecule has 0 fully saturated rings. The van der Waals surface area contributed by atoms with Crippen molar-refractivity contribution in [2.24, 2.45) is 5.73 Å². The molecule has 0 radical (unpaired) electrons. The van der Waals surface area contributed by atoms with Gasteiger partial charge in [0, 0.05) is 24.7 Å². The van der Waals surface area contributed by atoms with Crippen LogP contribution in [-0.2, 0) is 4.79 Å². The van der Waals surface area contributed by atoms with Gasteiger partial charge < -0.3 is 10.6 Å². The molecule has 0 unspecified atom stereocenters. The van der Waals surface area contributed by atoms with Crippen molar-refractivity contribution in [3.05, 3.63) is 29.3 Å². The van der Waals surface area contributed by atoms with E-state index in [4.69, 9.17) is 11.0 Å². The van der Waals surface area contributed by atoms with E-state index in [1.807, 2.05) is 13.0 Å². The number of benzene rings is 1. The predicted octanol–water partition coefficient (Wildman–Crippen LogP) is 2.12. The summed E-state index contributed by atoms with van der Waals surface area (Å²) < 4.78 is 0. The van der Waals surface area contributed by atoms with Gasteiger partial charge in [-0.15, -0.1) is 12.4 Å². The van der Waals surface area contributed by atoms with Gasteiger partial charge in [-0.25, -0.2) is 0 Å². The van der Waals surface area contributed by atoms with Gasteiger partial charge in [-0.1, -0.05) is 0 Å². The van der Waals surface area contributed by atoms with Crippen molar-refractivity contribution >= 4 is 24.0 Å². The van der Waals surface area contributed by atoms with Crippen molar-refractivity contribution in [1.29, 1.82) is 5.26 Å². The van der Waals surface area contributed by atoms with Crippen molar-refractivity contribution < 1.29 is 4.79 Å². The molecule has 0 saturated carbocycles. The highest BCUT2D eigenvalue weighted by atomic mass is 35.5. The molecule has 0 bridgehead atoms. The number of hydrogen-bond donors (Lipinski definition) is 1. The third-order valence-electron chi connectivity index (χ3n) is 3.19. The van der Waals surface area contributed by atoms with Gasteiger partial charge in [0.15, 0.2) is 0 Å². The molecule has 0 aliphatic carbocycles. The van der Waals surface area contributed by atoms with Gasteiger partial charge in [0.25, 0.3) is 0 Å². The number of anilines is 1. The topological polar surface area (TPSA) is 70.1 Å². The highest BCUT2D eigenvalue weighted by Crippen LogP contribution is 2.36. The van der Waals surface area contributed by atoms with Crippen LogP contribution < -0.4 is 10.6 Å². The standard InChI is InChI=1S/C13H15N3O.ClH/c1-8-5-12(15)11-6-10(7-14)3-4-13(11)16(8)9(2)17;/h3-4,6,8,12H,5,15H2,1-2H3;1H/t8-,12+;/m0./s1. The van der Waals surface area contributed by atoms with Gasteiger partial charge in [-0.05, 0) is 37.1 Å². The number of carbonyl (C=O) groups is 1. The maximum atomic E-state index is 11.7. The van der Waals surface area contributed by atoms with Crippen LogP contribution in [-0.4, -0.2) is 11.9 Å². The van der Waals surface area contributed by atoms with Gasteiger partial charge in [0.05, 0.1) is 11.6 Å². The van der Waals surface area contributed by atoms with Crippen molar-refractivity contribution in [3.63, 3.8) is 0 Å². The number of carbonyl (C=O) groups excluding carboxylic acids is 1. The van der Waals surface area contributed by atoms with Crippen LogP contribution in [0.3, 0.4) is 0 Å². The minimum absolute atomic E-state index is 0. The summed E-state index contributed by atoms with van der Waals surface area (Å²) >= 11 is 0. The van der Waals surface area contributed by atoms with E-state index in [1.54, 1.807) is 24.0 Å². The lowest BCUT2D eigenvalue weighted by Crippen LogP contribution is -2.43. The molecule has 1 heterocycles. The fraction of sp³-hybridized carbons (Fsp3) is 0.385. The summed E-state index contributed by atoms with van der Waals surface area (Å²) in [6.45, 7) is 3.54. The smallest absolute Gasteiger partial charge is 0.224 e. The molecule has 1 amide bonds. The minimum atomic E-state index is -0.108. The fourth-order valence-corrected chi connectivity index (χ4v) is 2.46. The Bertz CT molecular complexity index is 509. The average molecular weight is 266 g/mol. The number of nitrogens with zero attached hydrogens (tertiary/aromatic N) is 2. The third-order valence-corrected chi connectivity index (χ3v) is 3.19. The van der Waals surface area contributed by atoms with Gasteiger partial charge in [0.2, 0.25) is 5.91 Å². The SMILES string of the molecule is CC(=O)N1c2ccc(C#N)cc2[C@H](N)C[C@@H]1C.Cl. The molecule has 1 aliphatic heterocycles. The number of hydrogen-bond acceptors (Lipinski definition) is 3. The Labute approximate surface area is 113 Å². The monoisotopic (exact) mass is 265 g/mol. The Kier molecular flexibility index (Phi) is 4.33. The van der Waals surface area contributed by atoms with Crippen molar-refractivity contribution in [1.82, 2.24) is 0 Å². The van der Waals surface area contributed by atoms with E-state index in [2.05, 4.69) is 6.07 Å². The minimum Gasteiger partial charge on any atom is -0.324 e. The number of halogens is 1. The maximum absolute atomic E-state index is 11.7. The lowest BCUT2D eigenvalue weighted by molar-refractivity contribution is -0.117. The van der Waals surface area contributed by atoms with Crippen LogP contribution in [0.1, 0.15) is 37.4 Å². The molecule has 0 spiro atoms. The molecule has 4 nitrogen and oxygen atoms in total. The van der Waals surface area contributed by atoms with Crippen LogP contribution in [0.5, 0.6) is 0 Å². The summed E-state index contributed by atoms with van der Waals surface area (Å²) in [5, 5.41) is 8.88. The fourth-order valence-electron chi connectivity index (χ4n) is 2.46. The second-order valence-corrected chi connectivity index (χ2v) is 4.47.